The zero-order valence-corrected chi connectivity index (χ0v) is 14.4. The molecule has 3 rings (SSSR count). The molecule has 5 heteroatoms. The van der Waals surface area contributed by atoms with E-state index in [1.54, 1.807) is 4.90 Å². The lowest BCUT2D eigenvalue weighted by molar-refractivity contribution is -0.134. The summed E-state index contributed by atoms with van der Waals surface area (Å²) >= 11 is 0. The highest BCUT2D eigenvalue weighted by Crippen LogP contribution is 2.29. The minimum atomic E-state index is 0. The largest absolute Gasteiger partial charge is 0.483 e. The number of amides is 1. The minimum Gasteiger partial charge on any atom is -0.483 e. The maximum Gasteiger partial charge on any atom is 0.260 e. The molecule has 2 aromatic carbocycles. The quantitative estimate of drug-likeness (QED) is 0.925. The Morgan fingerprint density at radius 3 is 2.58 bits per heavy atom. The molecule has 128 valence electrons. The molecule has 24 heavy (non-hydrogen) atoms. The number of piperidine rings is 1. The zero-order chi connectivity index (χ0) is 16.1. The highest BCUT2D eigenvalue weighted by molar-refractivity contribution is 5.85. The topological polar surface area (TPSA) is 55.6 Å². The molecule has 1 heterocycles. The van der Waals surface area contributed by atoms with Crippen LogP contribution in [0.25, 0.3) is 11.1 Å². The Kier molecular flexibility index (Phi) is 6.64. The normalized spacial score (nSPS) is 17.0. The first-order valence-corrected chi connectivity index (χ1v) is 8.04. The molecule has 4 nitrogen and oxygen atoms in total. The lowest BCUT2D eigenvalue weighted by Gasteiger charge is -2.30. The van der Waals surface area contributed by atoms with Crippen LogP contribution in [0.4, 0.5) is 0 Å². The fourth-order valence-corrected chi connectivity index (χ4v) is 2.92. The lowest BCUT2D eigenvalue weighted by Crippen LogP contribution is -2.47. The van der Waals surface area contributed by atoms with Gasteiger partial charge in [0.15, 0.2) is 6.61 Å². The van der Waals surface area contributed by atoms with Gasteiger partial charge in [-0.2, -0.15) is 0 Å². The summed E-state index contributed by atoms with van der Waals surface area (Å²) in [6.45, 7) is 1.45. The number of carbonyl (C=O) groups excluding carboxylic acids is 1. The van der Waals surface area contributed by atoms with Crippen molar-refractivity contribution in [2.75, 3.05) is 19.7 Å². The predicted molar refractivity (Wildman–Crippen MR) is 98.4 cm³/mol. The van der Waals surface area contributed by atoms with E-state index < -0.39 is 0 Å². The van der Waals surface area contributed by atoms with Crippen LogP contribution in [0.2, 0.25) is 0 Å². The van der Waals surface area contributed by atoms with E-state index in [1.807, 2.05) is 54.6 Å². The molecule has 0 saturated carbocycles. The molecule has 0 aliphatic carbocycles. The first-order chi connectivity index (χ1) is 11.2. The van der Waals surface area contributed by atoms with Crippen LogP contribution in [-0.2, 0) is 4.79 Å². The number of rotatable bonds is 4. The second-order valence-corrected chi connectivity index (χ2v) is 5.89. The molecule has 0 spiro atoms. The maximum absolute atomic E-state index is 12.3. The van der Waals surface area contributed by atoms with E-state index >= 15 is 0 Å². The third kappa shape index (κ3) is 4.49. The summed E-state index contributed by atoms with van der Waals surface area (Å²) in [6, 6.07) is 17.9. The molecule has 2 N–H and O–H groups in total. The van der Waals surface area contributed by atoms with Gasteiger partial charge in [0.1, 0.15) is 5.75 Å². The van der Waals surface area contributed by atoms with E-state index in [-0.39, 0.29) is 31.0 Å². The van der Waals surface area contributed by atoms with Crippen LogP contribution >= 0.6 is 12.4 Å². The maximum atomic E-state index is 12.3. The summed E-state index contributed by atoms with van der Waals surface area (Å²) in [5, 5.41) is 0. The van der Waals surface area contributed by atoms with E-state index in [0.717, 1.165) is 36.3 Å². The predicted octanol–water partition coefficient (Wildman–Crippen LogP) is 3.10. The SMILES string of the molecule is Cl.NC1CCCN(C(=O)COc2ccccc2-c2ccccc2)C1. The minimum absolute atomic E-state index is 0. The van der Waals surface area contributed by atoms with Crippen molar-refractivity contribution < 1.29 is 9.53 Å². The summed E-state index contributed by atoms with van der Waals surface area (Å²) in [7, 11) is 0. The standard InChI is InChI=1S/C19H22N2O2.ClH/c20-16-9-6-12-21(13-16)19(22)14-23-18-11-5-4-10-17(18)15-7-2-1-3-8-15;/h1-5,7-8,10-11,16H,6,9,12-14,20H2;1H. The molecule has 1 saturated heterocycles. The van der Waals surface area contributed by atoms with Gasteiger partial charge in [0, 0.05) is 24.7 Å². The highest BCUT2D eigenvalue weighted by Gasteiger charge is 2.21. The Bertz CT molecular complexity index is 663. The molecular weight excluding hydrogens is 324 g/mol. The number of carbonyl (C=O) groups is 1. The zero-order valence-electron chi connectivity index (χ0n) is 13.6. The molecule has 0 bridgehead atoms. The number of ether oxygens (including phenoxy) is 1. The van der Waals surface area contributed by atoms with Crippen LogP contribution in [0.15, 0.2) is 54.6 Å². The smallest absolute Gasteiger partial charge is 0.260 e. The van der Waals surface area contributed by atoms with E-state index in [2.05, 4.69) is 0 Å². The van der Waals surface area contributed by atoms with Crippen molar-refractivity contribution in [3.05, 3.63) is 54.6 Å². The van der Waals surface area contributed by atoms with Crippen molar-refractivity contribution in [2.45, 2.75) is 18.9 Å². The summed E-state index contributed by atoms with van der Waals surface area (Å²) < 4.78 is 5.81. The highest BCUT2D eigenvalue weighted by atomic mass is 35.5. The summed E-state index contributed by atoms with van der Waals surface area (Å²) in [6.07, 6.45) is 1.95. The van der Waals surface area contributed by atoms with Crippen LogP contribution in [0, 0.1) is 0 Å². The van der Waals surface area contributed by atoms with Crippen molar-refractivity contribution in [1.82, 2.24) is 4.90 Å². The molecule has 0 radical (unpaired) electrons. The number of para-hydroxylation sites is 1. The third-order valence-electron chi connectivity index (χ3n) is 4.13. The molecule has 1 amide bonds. The Labute approximate surface area is 149 Å². The molecular formula is C19H23ClN2O2. The summed E-state index contributed by atoms with van der Waals surface area (Å²) in [4.78, 5) is 14.1. The number of likely N-dealkylation sites (tertiary alicyclic amines) is 1. The Morgan fingerprint density at radius 1 is 1.12 bits per heavy atom. The average Bonchev–Trinajstić information content (AvgIpc) is 2.60. The number of hydrogen-bond acceptors (Lipinski definition) is 3. The van der Waals surface area contributed by atoms with Crippen molar-refractivity contribution in [1.29, 1.82) is 0 Å². The van der Waals surface area contributed by atoms with Crippen LogP contribution in [0.3, 0.4) is 0 Å². The van der Waals surface area contributed by atoms with Gasteiger partial charge in [-0.1, -0.05) is 48.5 Å². The van der Waals surface area contributed by atoms with Crippen LogP contribution in [0.5, 0.6) is 5.75 Å². The van der Waals surface area contributed by atoms with E-state index in [4.69, 9.17) is 10.5 Å². The Morgan fingerprint density at radius 2 is 1.83 bits per heavy atom. The van der Waals surface area contributed by atoms with Crippen LogP contribution in [0.1, 0.15) is 12.8 Å². The van der Waals surface area contributed by atoms with Crippen molar-refractivity contribution in [3.63, 3.8) is 0 Å². The van der Waals surface area contributed by atoms with E-state index in [0.29, 0.717) is 6.54 Å². The van der Waals surface area contributed by atoms with Gasteiger partial charge in [-0.3, -0.25) is 4.79 Å². The Hall–Kier alpha value is -2.04. The summed E-state index contributed by atoms with van der Waals surface area (Å²) in [5.41, 5.74) is 8.01. The second kappa shape index (κ2) is 8.71. The van der Waals surface area contributed by atoms with Gasteiger partial charge in [0.2, 0.25) is 0 Å². The monoisotopic (exact) mass is 346 g/mol. The lowest BCUT2D eigenvalue weighted by atomic mass is 10.0. The molecule has 1 unspecified atom stereocenters. The molecule has 2 aromatic rings. The van der Waals surface area contributed by atoms with Gasteiger partial charge in [0.25, 0.3) is 5.91 Å². The Balaban J connectivity index is 0.00000208. The molecule has 1 aliphatic heterocycles. The molecule has 1 fully saturated rings. The van der Waals surface area contributed by atoms with Gasteiger partial charge < -0.3 is 15.4 Å². The van der Waals surface area contributed by atoms with Gasteiger partial charge in [-0.25, -0.2) is 0 Å². The first-order valence-electron chi connectivity index (χ1n) is 8.04. The number of benzene rings is 2. The second-order valence-electron chi connectivity index (χ2n) is 5.89. The van der Waals surface area contributed by atoms with Crippen molar-refractivity contribution in [2.24, 2.45) is 5.73 Å². The van der Waals surface area contributed by atoms with Gasteiger partial charge in [0.05, 0.1) is 0 Å². The number of nitrogens with zero attached hydrogens (tertiary/aromatic N) is 1. The van der Waals surface area contributed by atoms with Crippen LogP contribution < -0.4 is 10.5 Å². The fourth-order valence-electron chi connectivity index (χ4n) is 2.92. The first kappa shape index (κ1) is 18.3. The van der Waals surface area contributed by atoms with Gasteiger partial charge in [-0.15, -0.1) is 12.4 Å². The van der Waals surface area contributed by atoms with Crippen molar-refractivity contribution >= 4 is 18.3 Å². The van der Waals surface area contributed by atoms with Crippen molar-refractivity contribution in [3.8, 4) is 16.9 Å². The van der Waals surface area contributed by atoms with Crippen LogP contribution in [-0.4, -0.2) is 36.5 Å². The molecule has 1 atom stereocenters. The molecule has 1 aliphatic rings. The van der Waals surface area contributed by atoms with E-state index in [1.165, 1.54) is 0 Å². The number of hydrogen-bond donors (Lipinski definition) is 1. The number of nitrogens with two attached hydrogens (primary N) is 1. The third-order valence-corrected chi connectivity index (χ3v) is 4.13. The molecule has 0 aromatic heterocycles. The van der Waals surface area contributed by atoms with E-state index in [9.17, 15) is 4.79 Å². The van der Waals surface area contributed by atoms with Gasteiger partial charge in [-0.05, 0) is 24.5 Å². The van der Waals surface area contributed by atoms with Gasteiger partial charge >= 0.3 is 0 Å². The number of halogens is 1. The fraction of sp³-hybridized carbons (Fsp3) is 0.316. The average molecular weight is 347 g/mol. The summed E-state index contributed by atoms with van der Waals surface area (Å²) in [5.74, 6) is 0.733.